The molecule has 9 nitrogen and oxygen atoms in total. The lowest BCUT2D eigenvalue weighted by atomic mass is 10.1. The van der Waals surface area contributed by atoms with Gasteiger partial charge in [0.15, 0.2) is 5.82 Å². The lowest BCUT2D eigenvalue weighted by Crippen LogP contribution is -2.36. The summed E-state index contributed by atoms with van der Waals surface area (Å²) in [7, 11) is 1.65. The molecule has 9 heteroatoms. The van der Waals surface area contributed by atoms with Gasteiger partial charge >= 0.3 is 6.03 Å². The minimum atomic E-state index is -0.441. The number of nitrogens with zero attached hydrogens (tertiary/aromatic N) is 5. The highest BCUT2D eigenvalue weighted by Crippen LogP contribution is 2.23. The summed E-state index contributed by atoms with van der Waals surface area (Å²) in [6, 6.07) is 10.8. The Morgan fingerprint density at radius 2 is 2.10 bits per heavy atom. The molecule has 3 aromatic rings. The average Bonchev–Trinajstić information content (AvgIpc) is 3.44. The highest BCUT2D eigenvalue weighted by Gasteiger charge is 2.23. The van der Waals surface area contributed by atoms with Crippen molar-refractivity contribution in [3.05, 3.63) is 60.6 Å². The van der Waals surface area contributed by atoms with Crippen LogP contribution in [0.25, 0.3) is 5.82 Å². The molecule has 4 rings (SSSR count). The zero-order valence-electron chi connectivity index (χ0n) is 16.1. The molecule has 3 N–H and O–H groups in total. The van der Waals surface area contributed by atoms with Crippen LogP contribution in [0.15, 0.2) is 55.0 Å². The summed E-state index contributed by atoms with van der Waals surface area (Å²) in [5, 5.41) is 20.1. The Bertz CT molecular complexity index is 972. The predicted molar refractivity (Wildman–Crippen MR) is 109 cm³/mol. The second-order valence-electron chi connectivity index (χ2n) is 6.98. The van der Waals surface area contributed by atoms with Crippen LogP contribution >= 0.6 is 0 Å². The minimum absolute atomic E-state index is 0.176. The van der Waals surface area contributed by atoms with Crippen LogP contribution in [0.4, 0.5) is 16.4 Å². The van der Waals surface area contributed by atoms with Gasteiger partial charge in [0.2, 0.25) is 5.95 Å². The van der Waals surface area contributed by atoms with E-state index in [0.717, 1.165) is 18.4 Å². The molecule has 0 radical (unpaired) electrons. The summed E-state index contributed by atoms with van der Waals surface area (Å²) in [6.07, 6.45) is 7.18. The molecular formula is C20H23N7O2. The third kappa shape index (κ3) is 4.52. The third-order valence-electron chi connectivity index (χ3n) is 4.77. The standard InChI is InChI=1S/C20H23N7O2/c1-26(17(13-28)14-5-3-2-4-6-14)20(29)24-16-11-22-27(12-16)18-9-10-21-19(25-18)23-15-7-8-15/h2-6,9-12,15,17,28H,7-8,13H2,1H3,(H,24,29)(H,21,23,25)/t17-/m1/s1. The van der Waals surface area contributed by atoms with Crippen molar-refractivity contribution in [2.45, 2.75) is 24.9 Å². The van der Waals surface area contributed by atoms with Crippen molar-refractivity contribution in [1.82, 2.24) is 24.6 Å². The van der Waals surface area contributed by atoms with Crippen LogP contribution in [0.3, 0.4) is 0 Å². The molecule has 1 aliphatic carbocycles. The second kappa shape index (κ2) is 8.27. The molecule has 1 fully saturated rings. The summed E-state index contributed by atoms with van der Waals surface area (Å²) in [4.78, 5) is 22.8. The maximum absolute atomic E-state index is 12.6. The normalized spacial score (nSPS) is 14.3. The monoisotopic (exact) mass is 393 g/mol. The molecule has 150 valence electrons. The fourth-order valence-corrected chi connectivity index (χ4v) is 2.95. The summed E-state index contributed by atoms with van der Waals surface area (Å²) >= 11 is 0. The Kier molecular flexibility index (Phi) is 5.39. The van der Waals surface area contributed by atoms with Crippen LogP contribution in [0.1, 0.15) is 24.4 Å². The van der Waals surface area contributed by atoms with Gasteiger partial charge in [-0.15, -0.1) is 0 Å². The fraction of sp³-hybridized carbons (Fsp3) is 0.300. The van der Waals surface area contributed by atoms with Gasteiger partial charge in [-0.25, -0.2) is 14.5 Å². The first-order chi connectivity index (χ1) is 14.1. The van der Waals surface area contributed by atoms with Crippen molar-refractivity contribution in [1.29, 1.82) is 0 Å². The number of rotatable bonds is 7. The number of hydrogen-bond acceptors (Lipinski definition) is 6. The molecule has 0 aliphatic heterocycles. The zero-order chi connectivity index (χ0) is 20.2. The summed E-state index contributed by atoms with van der Waals surface area (Å²) < 4.78 is 1.58. The van der Waals surface area contributed by atoms with E-state index in [4.69, 9.17) is 0 Å². The van der Waals surface area contributed by atoms with Crippen LogP contribution in [0.5, 0.6) is 0 Å². The molecule has 0 bridgehead atoms. The fourth-order valence-electron chi connectivity index (χ4n) is 2.95. The van der Waals surface area contributed by atoms with E-state index in [1.807, 2.05) is 30.3 Å². The second-order valence-corrected chi connectivity index (χ2v) is 6.98. The van der Waals surface area contributed by atoms with E-state index in [-0.39, 0.29) is 12.6 Å². The summed E-state index contributed by atoms with van der Waals surface area (Å²) in [5.41, 5.74) is 1.39. The lowest BCUT2D eigenvalue weighted by Gasteiger charge is -2.27. The Morgan fingerprint density at radius 1 is 1.31 bits per heavy atom. The number of amides is 2. The van der Waals surface area contributed by atoms with E-state index in [1.54, 1.807) is 36.4 Å². The highest BCUT2D eigenvalue weighted by molar-refractivity contribution is 5.89. The first-order valence-corrected chi connectivity index (χ1v) is 9.48. The predicted octanol–water partition coefficient (Wildman–Crippen LogP) is 2.43. The van der Waals surface area contributed by atoms with Gasteiger partial charge in [-0.05, 0) is 18.4 Å². The van der Waals surface area contributed by atoms with Gasteiger partial charge in [0, 0.05) is 25.4 Å². The summed E-state index contributed by atoms with van der Waals surface area (Å²) in [6.45, 7) is -0.176. The van der Waals surface area contributed by atoms with Crippen molar-refractivity contribution in [2.75, 3.05) is 24.3 Å². The molecule has 2 aromatic heterocycles. The molecule has 1 aromatic carbocycles. The minimum Gasteiger partial charge on any atom is -0.394 e. The van der Waals surface area contributed by atoms with Crippen LogP contribution in [0.2, 0.25) is 0 Å². The number of hydrogen-bond donors (Lipinski definition) is 3. The molecule has 2 heterocycles. The maximum Gasteiger partial charge on any atom is 0.322 e. The number of carbonyl (C=O) groups excluding carboxylic acids is 1. The number of anilines is 2. The van der Waals surface area contributed by atoms with Crippen LogP contribution in [-0.2, 0) is 0 Å². The Labute approximate surface area is 168 Å². The van der Waals surface area contributed by atoms with Crippen LogP contribution < -0.4 is 10.6 Å². The largest absolute Gasteiger partial charge is 0.394 e. The summed E-state index contributed by atoms with van der Waals surface area (Å²) in [5.74, 6) is 1.17. The molecule has 0 spiro atoms. The van der Waals surface area contributed by atoms with Gasteiger partial charge in [0.25, 0.3) is 0 Å². The van der Waals surface area contributed by atoms with E-state index in [2.05, 4.69) is 25.7 Å². The van der Waals surface area contributed by atoms with Crippen molar-refractivity contribution in [2.24, 2.45) is 0 Å². The zero-order valence-corrected chi connectivity index (χ0v) is 16.1. The average molecular weight is 393 g/mol. The number of nitrogens with one attached hydrogen (secondary N) is 2. The van der Waals surface area contributed by atoms with E-state index in [1.165, 1.54) is 4.90 Å². The third-order valence-corrected chi connectivity index (χ3v) is 4.77. The van der Waals surface area contributed by atoms with Crippen molar-refractivity contribution < 1.29 is 9.90 Å². The Hall–Kier alpha value is -3.46. The first kappa shape index (κ1) is 18.9. The smallest absolute Gasteiger partial charge is 0.322 e. The first-order valence-electron chi connectivity index (χ1n) is 9.48. The SMILES string of the molecule is CN(C(=O)Nc1cnn(-c2ccnc(NC3CC3)n2)c1)[C@H](CO)c1ccccc1. The van der Waals surface area contributed by atoms with Crippen molar-refractivity contribution >= 4 is 17.7 Å². The van der Waals surface area contributed by atoms with E-state index >= 15 is 0 Å². The van der Waals surface area contributed by atoms with Crippen LogP contribution in [0, 0.1) is 0 Å². The highest BCUT2D eigenvalue weighted by atomic mass is 16.3. The maximum atomic E-state index is 12.6. The van der Waals surface area contributed by atoms with Crippen molar-refractivity contribution in [3.63, 3.8) is 0 Å². The van der Waals surface area contributed by atoms with Gasteiger partial charge in [-0.3, -0.25) is 0 Å². The number of carbonyl (C=O) groups is 1. The van der Waals surface area contributed by atoms with Gasteiger partial charge in [0.05, 0.1) is 30.7 Å². The number of aliphatic hydroxyl groups excluding tert-OH is 1. The molecule has 1 saturated carbocycles. The van der Waals surface area contributed by atoms with Gasteiger partial charge in [-0.1, -0.05) is 30.3 Å². The molecule has 2 amide bonds. The number of likely N-dealkylation sites (N-methyl/N-ethyl adjacent to an activating group) is 1. The Morgan fingerprint density at radius 3 is 2.83 bits per heavy atom. The molecule has 0 unspecified atom stereocenters. The van der Waals surface area contributed by atoms with Crippen molar-refractivity contribution in [3.8, 4) is 5.82 Å². The quantitative estimate of drug-likeness (QED) is 0.569. The lowest BCUT2D eigenvalue weighted by molar-refractivity contribution is 0.159. The number of aliphatic hydroxyl groups is 1. The molecule has 1 atom stereocenters. The van der Waals surface area contributed by atoms with Gasteiger partial charge < -0.3 is 20.6 Å². The van der Waals surface area contributed by atoms with E-state index in [9.17, 15) is 9.90 Å². The van der Waals surface area contributed by atoms with E-state index < -0.39 is 6.04 Å². The molecule has 29 heavy (non-hydrogen) atoms. The number of benzene rings is 1. The topological polar surface area (TPSA) is 108 Å². The molecule has 0 saturated heterocycles. The van der Waals surface area contributed by atoms with E-state index in [0.29, 0.717) is 23.5 Å². The van der Waals surface area contributed by atoms with Crippen LogP contribution in [-0.4, -0.2) is 55.5 Å². The molecule has 1 aliphatic rings. The number of aromatic nitrogens is 4. The Balaban J connectivity index is 1.43. The number of urea groups is 1. The van der Waals surface area contributed by atoms with Gasteiger partial charge in [-0.2, -0.15) is 10.1 Å². The molecular weight excluding hydrogens is 370 g/mol. The van der Waals surface area contributed by atoms with Gasteiger partial charge in [0.1, 0.15) is 0 Å².